The van der Waals surface area contributed by atoms with Gasteiger partial charge in [0.2, 0.25) is 11.8 Å². The van der Waals surface area contributed by atoms with Crippen LogP contribution < -0.4 is 10.2 Å². The van der Waals surface area contributed by atoms with Crippen LogP contribution in [-0.4, -0.2) is 49.4 Å². The fourth-order valence-corrected chi connectivity index (χ4v) is 4.16. The van der Waals surface area contributed by atoms with E-state index in [1.54, 1.807) is 19.1 Å². The lowest BCUT2D eigenvalue weighted by molar-refractivity contribution is -0.148. The Morgan fingerprint density at radius 2 is 2.00 bits per heavy atom. The van der Waals surface area contributed by atoms with Gasteiger partial charge in [-0.1, -0.05) is 0 Å². The highest BCUT2D eigenvalue weighted by molar-refractivity contribution is 6.24. The van der Waals surface area contributed by atoms with Crippen molar-refractivity contribution >= 4 is 23.5 Å². The number of aromatic amines is 1. The molecule has 9 nitrogen and oxygen atoms in total. The molecule has 3 N–H and O–H groups in total. The zero-order valence-corrected chi connectivity index (χ0v) is 13.9. The molecule has 9 heteroatoms. The molecular formula is C17H17N5O4. The molecule has 2 aromatic rings. The highest BCUT2D eigenvalue weighted by atomic mass is 16.4. The minimum atomic E-state index is -1.58. The molecule has 0 aliphatic carbocycles. The molecule has 0 spiro atoms. The maximum atomic E-state index is 13.1. The van der Waals surface area contributed by atoms with Crippen LogP contribution in [0.1, 0.15) is 12.6 Å². The highest BCUT2D eigenvalue weighted by Crippen LogP contribution is 2.45. The molecule has 4 rings (SSSR count). The molecule has 4 heterocycles. The molecule has 2 aliphatic heterocycles. The predicted molar refractivity (Wildman–Crippen MR) is 89.0 cm³/mol. The van der Waals surface area contributed by atoms with Gasteiger partial charge in [0.05, 0.1) is 23.9 Å². The third-order valence-electron chi connectivity index (χ3n) is 5.23. The Balaban J connectivity index is 1.79. The van der Waals surface area contributed by atoms with Gasteiger partial charge in [-0.15, -0.1) is 0 Å². The van der Waals surface area contributed by atoms with E-state index in [4.69, 9.17) is 0 Å². The summed E-state index contributed by atoms with van der Waals surface area (Å²) >= 11 is 0. The number of imidazole rings is 1. The second-order valence-electron chi connectivity index (χ2n) is 6.68. The summed E-state index contributed by atoms with van der Waals surface area (Å²) in [6.07, 6.45) is 5.97. The van der Waals surface area contributed by atoms with E-state index in [1.165, 1.54) is 24.9 Å². The molecule has 2 saturated heterocycles. The number of aromatic nitrogens is 3. The van der Waals surface area contributed by atoms with Crippen molar-refractivity contribution in [3.63, 3.8) is 0 Å². The highest BCUT2D eigenvalue weighted by Gasteiger charge is 2.67. The number of H-pyrrole nitrogens is 1. The fourth-order valence-electron chi connectivity index (χ4n) is 4.16. The lowest BCUT2D eigenvalue weighted by atomic mass is 9.77. The average molecular weight is 355 g/mol. The number of carboxylic acids is 1. The first-order chi connectivity index (χ1) is 12.5. The van der Waals surface area contributed by atoms with Gasteiger partial charge in [0.1, 0.15) is 5.54 Å². The SMILES string of the molecule is CC1NC(Cc2cnc[nH]2)(C(=O)O)[C@H]2C(=O)N(c3ccncc3)C(=O)[C@@H]12. The number of hydrogen-bond acceptors (Lipinski definition) is 6. The van der Waals surface area contributed by atoms with E-state index in [-0.39, 0.29) is 12.3 Å². The number of fused-ring (bicyclic) bond motifs is 1. The van der Waals surface area contributed by atoms with Crippen LogP contribution in [0.4, 0.5) is 5.69 Å². The Morgan fingerprint density at radius 1 is 1.27 bits per heavy atom. The van der Waals surface area contributed by atoms with E-state index in [0.29, 0.717) is 11.4 Å². The van der Waals surface area contributed by atoms with Gasteiger partial charge in [-0.3, -0.25) is 24.7 Å². The number of rotatable bonds is 4. The normalized spacial score (nSPS) is 30.7. The molecule has 2 aromatic heterocycles. The summed E-state index contributed by atoms with van der Waals surface area (Å²) in [5.41, 5.74) is -0.599. The maximum absolute atomic E-state index is 13.1. The summed E-state index contributed by atoms with van der Waals surface area (Å²) in [7, 11) is 0. The Kier molecular flexibility index (Phi) is 3.62. The van der Waals surface area contributed by atoms with Crippen molar-refractivity contribution in [2.24, 2.45) is 11.8 Å². The number of aliphatic carboxylic acids is 1. The van der Waals surface area contributed by atoms with Gasteiger partial charge in [-0.05, 0) is 19.1 Å². The van der Waals surface area contributed by atoms with Crippen LogP contribution in [0.2, 0.25) is 0 Å². The third-order valence-corrected chi connectivity index (χ3v) is 5.23. The zero-order valence-electron chi connectivity index (χ0n) is 13.9. The Hall–Kier alpha value is -3.07. The molecule has 0 radical (unpaired) electrons. The van der Waals surface area contributed by atoms with Gasteiger partial charge in [0.15, 0.2) is 0 Å². The third kappa shape index (κ3) is 2.17. The Bertz CT molecular complexity index is 869. The van der Waals surface area contributed by atoms with E-state index < -0.39 is 35.3 Å². The summed E-state index contributed by atoms with van der Waals surface area (Å²) in [5.74, 6) is -3.80. The number of hydrogen-bond donors (Lipinski definition) is 3. The molecule has 2 fully saturated rings. The number of imide groups is 1. The quantitative estimate of drug-likeness (QED) is 0.657. The van der Waals surface area contributed by atoms with Crippen LogP contribution in [0.15, 0.2) is 37.1 Å². The summed E-state index contributed by atoms with van der Waals surface area (Å²) < 4.78 is 0. The van der Waals surface area contributed by atoms with Gasteiger partial charge in [0.25, 0.3) is 0 Å². The summed E-state index contributed by atoms with van der Waals surface area (Å²) in [5, 5.41) is 13.0. The number of carboxylic acid groups (broad SMARTS) is 1. The number of pyridine rings is 1. The van der Waals surface area contributed by atoms with Crippen molar-refractivity contribution in [3.8, 4) is 0 Å². The lowest BCUT2D eigenvalue weighted by Gasteiger charge is -2.30. The van der Waals surface area contributed by atoms with Gasteiger partial charge < -0.3 is 10.1 Å². The van der Waals surface area contributed by atoms with Crippen molar-refractivity contribution in [3.05, 3.63) is 42.7 Å². The molecule has 4 atom stereocenters. The standard InChI is InChI=1S/C17H17N5O4/c1-9-12-13(15(24)22(14(12)23)11-2-4-18-5-3-11)17(21-9,16(25)26)6-10-7-19-8-20-10/h2-5,7-9,12-13,21H,6H2,1H3,(H,19,20)(H,25,26)/t9?,12-,13+,17?/m0/s1. The molecule has 0 saturated carbocycles. The van der Waals surface area contributed by atoms with Crippen molar-refractivity contribution in [2.75, 3.05) is 4.90 Å². The average Bonchev–Trinajstić information content (AvgIpc) is 3.28. The molecular weight excluding hydrogens is 338 g/mol. The number of carbonyl (C=O) groups excluding carboxylic acids is 2. The lowest BCUT2D eigenvalue weighted by Crippen LogP contribution is -2.58. The van der Waals surface area contributed by atoms with E-state index in [9.17, 15) is 19.5 Å². The number of anilines is 1. The summed E-state index contributed by atoms with van der Waals surface area (Å²) in [6, 6.07) is 2.67. The first-order valence-corrected chi connectivity index (χ1v) is 8.22. The number of amides is 2. The van der Waals surface area contributed by atoms with Crippen LogP contribution >= 0.6 is 0 Å². The fraction of sp³-hybridized carbons (Fsp3) is 0.353. The first kappa shape index (κ1) is 16.4. The molecule has 2 unspecified atom stereocenters. The van der Waals surface area contributed by atoms with Crippen molar-refractivity contribution in [2.45, 2.75) is 24.9 Å². The topological polar surface area (TPSA) is 128 Å². The van der Waals surface area contributed by atoms with Gasteiger partial charge in [-0.25, -0.2) is 9.88 Å². The van der Waals surface area contributed by atoms with Crippen molar-refractivity contribution < 1.29 is 19.5 Å². The van der Waals surface area contributed by atoms with Crippen molar-refractivity contribution in [1.29, 1.82) is 0 Å². The molecule has 0 bridgehead atoms. The second-order valence-corrected chi connectivity index (χ2v) is 6.68. The number of nitrogens with one attached hydrogen (secondary N) is 2. The van der Waals surface area contributed by atoms with Crippen LogP contribution in [0.25, 0.3) is 0 Å². The van der Waals surface area contributed by atoms with E-state index in [0.717, 1.165) is 4.90 Å². The number of nitrogens with zero attached hydrogens (tertiary/aromatic N) is 3. The van der Waals surface area contributed by atoms with Crippen LogP contribution in [0.3, 0.4) is 0 Å². The largest absolute Gasteiger partial charge is 0.480 e. The van der Waals surface area contributed by atoms with Gasteiger partial charge in [-0.2, -0.15) is 0 Å². The van der Waals surface area contributed by atoms with E-state index in [1.807, 2.05) is 0 Å². The smallest absolute Gasteiger partial charge is 0.325 e. The van der Waals surface area contributed by atoms with Crippen LogP contribution in [-0.2, 0) is 20.8 Å². The summed E-state index contributed by atoms with van der Waals surface area (Å²) in [6.45, 7) is 1.73. The second kappa shape index (κ2) is 5.73. The minimum absolute atomic E-state index is 0.0248. The molecule has 26 heavy (non-hydrogen) atoms. The van der Waals surface area contributed by atoms with Gasteiger partial charge >= 0.3 is 5.97 Å². The van der Waals surface area contributed by atoms with Gasteiger partial charge in [0, 0.05) is 36.7 Å². The van der Waals surface area contributed by atoms with E-state index in [2.05, 4.69) is 20.3 Å². The minimum Gasteiger partial charge on any atom is -0.480 e. The Morgan fingerprint density at radius 3 is 2.62 bits per heavy atom. The molecule has 2 amide bonds. The Labute approximate surface area is 148 Å². The number of carbonyl (C=O) groups is 3. The maximum Gasteiger partial charge on any atom is 0.325 e. The van der Waals surface area contributed by atoms with Crippen LogP contribution in [0, 0.1) is 11.8 Å². The molecule has 134 valence electrons. The van der Waals surface area contributed by atoms with E-state index >= 15 is 0 Å². The van der Waals surface area contributed by atoms with Crippen LogP contribution in [0.5, 0.6) is 0 Å². The molecule has 0 aromatic carbocycles. The monoisotopic (exact) mass is 355 g/mol. The first-order valence-electron chi connectivity index (χ1n) is 8.22. The summed E-state index contributed by atoms with van der Waals surface area (Å²) in [4.78, 5) is 50.1. The zero-order chi connectivity index (χ0) is 18.5. The van der Waals surface area contributed by atoms with Crippen molar-refractivity contribution in [1.82, 2.24) is 20.3 Å². The predicted octanol–water partition coefficient (Wildman–Crippen LogP) is -0.0319. The molecule has 2 aliphatic rings.